The van der Waals surface area contributed by atoms with E-state index in [1.165, 1.54) is 0 Å². The second-order valence-corrected chi connectivity index (χ2v) is 5.83. The Kier molecular flexibility index (Phi) is 2.86. The standard InChI is InChI=1S/C12H21NO3/c1-12(2,3)16-11(15)13-8-4-6-9(13)10(14)7-5-8/h8-10,14H,4-7H2,1-3H3/t8-,9+,10-/m0/s1. The Hall–Kier alpha value is -0.770. The van der Waals surface area contributed by atoms with Crippen molar-refractivity contribution >= 4 is 6.09 Å². The molecule has 0 radical (unpaired) electrons. The van der Waals surface area contributed by atoms with E-state index in [4.69, 9.17) is 4.74 Å². The third kappa shape index (κ3) is 2.17. The molecule has 2 fully saturated rings. The lowest BCUT2D eigenvalue weighted by Gasteiger charge is -2.38. The molecule has 2 bridgehead atoms. The lowest BCUT2D eigenvalue weighted by molar-refractivity contribution is -0.0221. The Morgan fingerprint density at radius 1 is 1.25 bits per heavy atom. The normalized spacial score (nSPS) is 34.0. The summed E-state index contributed by atoms with van der Waals surface area (Å²) in [6, 6.07) is 0.261. The van der Waals surface area contributed by atoms with Gasteiger partial charge in [0.25, 0.3) is 0 Å². The van der Waals surface area contributed by atoms with Gasteiger partial charge in [0.05, 0.1) is 12.1 Å². The molecule has 0 aromatic rings. The first-order chi connectivity index (χ1) is 7.38. The molecule has 1 N–H and O–H groups in total. The molecule has 16 heavy (non-hydrogen) atoms. The molecule has 3 atom stereocenters. The van der Waals surface area contributed by atoms with Gasteiger partial charge in [-0.25, -0.2) is 4.79 Å². The van der Waals surface area contributed by atoms with Crippen molar-refractivity contribution in [2.24, 2.45) is 0 Å². The number of piperidine rings is 1. The van der Waals surface area contributed by atoms with Crippen LogP contribution in [0.1, 0.15) is 46.5 Å². The number of rotatable bonds is 0. The molecule has 0 saturated carbocycles. The molecule has 2 heterocycles. The van der Waals surface area contributed by atoms with Crippen LogP contribution in [-0.4, -0.2) is 39.9 Å². The van der Waals surface area contributed by atoms with Crippen molar-refractivity contribution in [3.63, 3.8) is 0 Å². The Morgan fingerprint density at radius 3 is 2.50 bits per heavy atom. The van der Waals surface area contributed by atoms with Gasteiger partial charge in [0.15, 0.2) is 0 Å². The number of hydrogen-bond donors (Lipinski definition) is 1. The molecule has 92 valence electrons. The van der Waals surface area contributed by atoms with Crippen molar-refractivity contribution in [3.05, 3.63) is 0 Å². The van der Waals surface area contributed by atoms with Gasteiger partial charge in [-0.3, -0.25) is 4.90 Å². The average molecular weight is 227 g/mol. The summed E-state index contributed by atoms with van der Waals surface area (Å²) >= 11 is 0. The minimum atomic E-state index is -0.459. The zero-order valence-electron chi connectivity index (χ0n) is 10.3. The van der Waals surface area contributed by atoms with E-state index in [0.717, 1.165) is 25.7 Å². The van der Waals surface area contributed by atoms with E-state index in [1.807, 2.05) is 20.8 Å². The van der Waals surface area contributed by atoms with E-state index in [9.17, 15) is 9.90 Å². The highest BCUT2D eigenvalue weighted by atomic mass is 16.6. The third-order valence-corrected chi connectivity index (χ3v) is 3.39. The highest BCUT2D eigenvalue weighted by Crippen LogP contribution is 2.36. The largest absolute Gasteiger partial charge is 0.444 e. The predicted molar refractivity (Wildman–Crippen MR) is 60.1 cm³/mol. The lowest BCUT2D eigenvalue weighted by Crippen LogP contribution is -2.51. The summed E-state index contributed by atoms with van der Waals surface area (Å²) in [6.45, 7) is 5.60. The number of hydrogen-bond acceptors (Lipinski definition) is 3. The van der Waals surface area contributed by atoms with E-state index >= 15 is 0 Å². The van der Waals surface area contributed by atoms with E-state index in [0.29, 0.717) is 0 Å². The van der Waals surface area contributed by atoms with Crippen molar-refractivity contribution in [2.75, 3.05) is 0 Å². The van der Waals surface area contributed by atoms with Crippen molar-refractivity contribution in [3.8, 4) is 0 Å². The molecule has 4 nitrogen and oxygen atoms in total. The molecule has 0 aromatic carbocycles. The van der Waals surface area contributed by atoms with E-state index in [2.05, 4.69) is 0 Å². The first kappa shape index (κ1) is 11.7. The van der Waals surface area contributed by atoms with Crippen molar-refractivity contribution in [1.29, 1.82) is 0 Å². The fourth-order valence-corrected chi connectivity index (χ4v) is 2.73. The van der Waals surface area contributed by atoms with Gasteiger partial charge in [-0.15, -0.1) is 0 Å². The summed E-state index contributed by atoms with van der Waals surface area (Å²) in [6.07, 6.45) is 2.99. The van der Waals surface area contributed by atoms with E-state index < -0.39 is 5.60 Å². The van der Waals surface area contributed by atoms with E-state index in [-0.39, 0.29) is 24.3 Å². The van der Waals surface area contributed by atoms with Crippen LogP contribution in [0.2, 0.25) is 0 Å². The number of aliphatic hydroxyl groups is 1. The van der Waals surface area contributed by atoms with Crippen LogP contribution in [0.4, 0.5) is 4.79 Å². The minimum absolute atomic E-state index is 0.0198. The Balaban J connectivity index is 2.07. The molecular weight excluding hydrogens is 206 g/mol. The Bertz CT molecular complexity index is 284. The molecule has 0 spiro atoms. The quantitative estimate of drug-likeness (QED) is 0.687. The third-order valence-electron chi connectivity index (χ3n) is 3.39. The highest BCUT2D eigenvalue weighted by molar-refractivity contribution is 5.69. The number of ether oxygens (including phenoxy) is 1. The van der Waals surface area contributed by atoms with Crippen LogP contribution >= 0.6 is 0 Å². The molecule has 2 aliphatic rings. The first-order valence-electron chi connectivity index (χ1n) is 6.08. The summed E-state index contributed by atoms with van der Waals surface area (Å²) in [7, 11) is 0. The molecule has 0 aromatic heterocycles. The van der Waals surface area contributed by atoms with Crippen LogP contribution in [0.25, 0.3) is 0 Å². The Labute approximate surface area is 96.6 Å². The smallest absolute Gasteiger partial charge is 0.410 e. The SMILES string of the molecule is CC(C)(C)OC(=O)N1[C@H]2CC[C@@H]1[C@@H](O)CC2. The molecule has 1 amide bonds. The van der Waals surface area contributed by atoms with Crippen LogP contribution in [0, 0.1) is 0 Å². The summed E-state index contributed by atoms with van der Waals surface area (Å²) in [4.78, 5) is 13.8. The predicted octanol–water partition coefficient (Wildman–Crippen LogP) is 1.91. The first-order valence-corrected chi connectivity index (χ1v) is 6.08. The summed E-state index contributed by atoms with van der Waals surface area (Å²) in [5.74, 6) is 0. The van der Waals surface area contributed by atoms with Gasteiger partial charge >= 0.3 is 6.09 Å². The number of fused-ring (bicyclic) bond motifs is 2. The minimum Gasteiger partial charge on any atom is -0.444 e. The maximum Gasteiger partial charge on any atom is 0.410 e. The fraction of sp³-hybridized carbons (Fsp3) is 0.917. The lowest BCUT2D eigenvalue weighted by atomic mass is 10.0. The van der Waals surface area contributed by atoms with Gasteiger partial charge in [0.2, 0.25) is 0 Å². The molecule has 0 aliphatic carbocycles. The molecule has 2 saturated heterocycles. The number of carbonyl (C=O) groups is 1. The summed E-state index contributed by atoms with van der Waals surface area (Å²) in [5.41, 5.74) is -0.459. The van der Waals surface area contributed by atoms with Gasteiger partial charge in [0.1, 0.15) is 5.60 Å². The fourth-order valence-electron chi connectivity index (χ4n) is 2.73. The second kappa shape index (κ2) is 3.91. The molecule has 2 aliphatic heterocycles. The Morgan fingerprint density at radius 2 is 1.88 bits per heavy atom. The maximum absolute atomic E-state index is 12.0. The van der Waals surface area contributed by atoms with Crippen LogP contribution in [0.3, 0.4) is 0 Å². The zero-order chi connectivity index (χ0) is 11.9. The van der Waals surface area contributed by atoms with E-state index in [1.54, 1.807) is 4.90 Å². The summed E-state index contributed by atoms with van der Waals surface area (Å²) in [5, 5.41) is 9.86. The average Bonchev–Trinajstić information content (AvgIpc) is 2.46. The molecule has 4 heteroatoms. The highest BCUT2D eigenvalue weighted by Gasteiger charge is 2.45. The van der Waals surface area contributed by atoms with Gasteiger partial charge in [-0.2, -0.15) is 0 Å². The number of carbonyl (C=O) groups excluding carboxylic acids is 1. The number of amides is 1. The van der Waals surface area contributed by atoms with Gasteiger partial charge in [-0.1, -0.05) is 0 Å². The maximum atomic E-state index is 12.0. The zero-order valence-corrected chi connectivity index (χ0v) is 10.3. The number of nitrogens with zero attached hydrogens (tertiary/aromatic N) is 1. The second-order valence-electron chi connectivity index (χ2n) is 5.83. The van der Waals surface area contributed by atoms with Gasteiger partial charge in [0, 0.05) is 6.04 Å². The molecular formula is C12H21NO3. The number of aliphatic hydroxyl groups excluding tert-OH is 1. The van der Waals surface area contributed by atoms with Crippen LogP contribution in [-0.2, 0) is 4.74 Å². The van der Waals surface area contributed by atoms with Crippen molar-refractivity contribution < 1.29 is 14.6 Å². The molecule has 2 rings (SSSR count). The van der Waals surface area contributed by atoms with Crippen molar-refractivity contribution in [2.45, 2.75) is 70.2 Å². The van der Waals surface area contributed by atoms with Gasteiger partial charge < -0.3 is 9.84 Å². The summed E-state index contributed by atoms with van der Waals surface area (Å²) < 4.78 is 5.38. The topological polar surface area (TPSA) is 49.8 Å². The van der Waals surface area contributed by atoms with Crippen LogP contribution in [0.15, 0.2) is 0 Å². The van der Waals surface area contributed by atoms with Gasteiger partial charge in [-0.05, 0) is 46.5 Å². The van der Waals surface area contributed by atoms with Crippen LogP contribution in [0.5, 0.6) is 0 Å². The van der Waals surface area contributed by atoms with Crippen LogP contribution < -0.4 is 0 Å². The van der Waals surface area contributed by atoms with Crippen molar-refractivity contribution in [1.82, 2.24) is 4.90 Å². The molecule has 0 unspecified atom stereocenters. The monoisotopic (exact) mass is 227 g/mol.